The monoisotopic (exact) mass is 415 g/mol. The zero-order valence-corrected chi connectivity index (χ0v) is 17.5. The SMILES string of the molecule is Cc1ccccc1CCC1CCCN(c2nccn(C)c2=O)CC1.O=C(O)C(=O)O. The van der Waals surface area contributed by atoms with Gasteiger partial charge in [0.25, 0.3) is 5.56 Å². The molecule has 1 aromatic heterocycles. The molecule has 0 spiro atoms. The first kappa shape index (κ1) is 23.1. The summed E-state index contributed by atoms with van der Waals surface area (Å²) in [7, 11) is 1.79. The van der Waals surface area contributed by atoms with Crippen molar-refractivity contribution in [2.75, 3.05) is 18.0 Å². The van der Waals surface area contributed by atoms with Crippen LogP contribution in [0, 0.1) is 12.8 Å². The summed E-state index contributed by atoms with van der Waals surface area (Å²) < 4.78 is 1.61. The van der Waals surface area contributed by atoms with Crippen LogP contribution in [0.4, 0.5) is 5.82 Å². The number of hydrogen-bond acceptors (Lipinski definition) is 5. The highest BCUT2D eigenvalue weighted by atomic mass is 16.4. The molecule has 2 aromatic rings. The molecule has 1 aromatic carbocycles. The molecule has 1 fully saturated rings. The van der Waals surface area contributed by atoms with Crippen LogP contribution in [0.5, 0.6) is 0 Å². The van der Waals surface area contributed by atoms with E-state index in [9.17, 15) is 4.79 Å². The van der Waals surface area contributed by atoms with Gasteiger partial charge in [-0.15, -0.1) is 0 Å². The van der Waals surface area contributed by atoms with E-state index in [4.69, 9.17) is 19.8 Å². The smallest absolute Gasteiger partial charge is 0.414 e. The van der Waals surface area contributed by atoms with Crippen LogP contribution in [0.2, 0.25) is 0 Å². The first-order valence-corrected chi connectivity index (χ1v) is 10.1. The number of aromatic nitrogens is 2. The number of carbonyl (C=O) groups is 2. The quantitative estimate of drug-likeness (QED) is 0.738. The first-order valence-electron chi connectivity index (χ1n) is 10.1. The second-order valence-electron chi connectivity index (χ2n) is 7.53. The Morgan fingerprint density at radius 3 is 2.50 bits per heavy atom. The number of rotatable bonds is 4. The molecule has 30 heavy (non-hydrogen) atoms. The molecular formula is C22H29N3O5. The van der Waals surface area contributed by atoms with Gasteiger partial charge in [-0.3, -0.25) is 4.79 Å². The Morgan fingerprint density at radius 2 is 1.83 bits per heavy atom. The predicted octanol–water partition coefficient (Wildman–Crippen LogP) is 2.48. The van der Waals surface area contributed by atoms with Gasteiger partial charge in [0.2, 0.25) is 0 Å². The Labute approximate surface area is 175 Å². The van der Waals surface area contributed by atoms with Crippen molar-refractivity contribution in [3.05, 3.63) is 58.1 Å². The molecule has 0 bridgehead atoms. The van der Waals surface area contributed by atoms with E-state index in [1.54, 1.807) is 24.0 Å². The molecule has 1 aliphatic heterocycles. The molecule has 1 unspecified atom stereocenters. The summed E-state index contributed by atoms with van der Waals surface area (Å²) in [6.45, 7) is 4.07. The van der Waals surface area contributed by atoms with Gasteiger partial charge in [0.15, 0.2) is 5.82 Å². The molecule has 0 saturated carbocycles. The van der Waals surface area contributed by atoms with E-state index in [-0.39, 0.29) is 5.56 Å². The van der Waals surface area contributed by atoms with Crippen LogP contribution in [0.15, 0.2) is 41.5 Å². The van der Waals surface area contributed by atoms with E-state index >= 15 is 0 Å². The van der Waals surface area contributed by atoms with Crippen molar-refractivity contribution in [3.63, 3.8) is 0 Å². The minimum Gasteiger partial charge on any atom is -0.473 e. The normalized spacial score (nSPS) is 16.2. The number of aliphatic carboxylic acids is 2. The topological polar surface area (TPSA) is 113 Å². The molecule has 0 radical (unpaired) electrons. The van der Waals surface area contributed by atoms with Gasteiger partial charge in [-0.25, -0.2) is 14.6 Å². The molecule has 8 heteroatoms. The third-order valence-corrected chi connectivity index (χ3v) is 5.41. The van der Waals surface area contributed by atoms with Crippen LogP contribution in [0.1, 0.15) is 36.8 Å². The lowest BCUT2D eigenvalue weighted by atomic mass is 9.92. The minimum absolute atomic E-state index is 0.0101. The van der Waals surface area contributed by atoms with Crippen LogP contribution >= 0.6 is 0 Å². The molecule has 0 amide bonds. The molecular weight excluding hydrogens is 386 g/mol. The molecule has 162 valence electrons. The van der Waals surface area contributed by atoms with Crippen molar-refractivity contribution >= 4 is 17.8 Å². The van der Waals surface area contributed by atoms with Gasteiger partial charge in [0, 0.05) is 32.5 Å². The number of hydrogen-bond donors (Lipinski definition) is 2. The minimum atomic E-state index is -1.82. The average molecular weight is 415 g/mol. The van der Waals surface area contributed by atoms with Crippen LogP contribution in [0.25, 0.3) is 0 Å². The highest BCUT2D eigenvalue weighted by Crippen LogP contribution is 2.24. The Kier molecular flexibility index (Phi) is 8.58. The lowest BCUT2D eigenvalue weighted by molar-refractivity contribution is -0.159. The van der Waals surface area contributed by atoms with E-state index in [1.807, 2.05) is 0 Å². The standard InChI is InChI=1S/C20H27N3O.C2H2O4/c1-16-6-3-4-8-18(16)10-9-17-7-5-13-23(14-11-17)19-20(24)22(2)15-12-21-19;3-1(4)2(5)6/h3-4,6,8,12,15,17H,5,7,9-11,13-14H2,1-2H3;(H,3,4)(H,5,6). The van der Waals surface area contributed by atoms with Crippen molar-refractivity contribution in [2.45, 2.75) is 39.0 Å². The molecule has 1 aliphatic rings. The molecule has 2 N–H and O–H groups in total. The summed E-state index contributed by atoms with van der Waals surface area (Å²) >= 11 is 0. The number of benzene rings is 1. The Bertz CT molecular complexity index is 913. The average Bonchev–Trinajstić information content (AvgIpc) is 2.95. The fourth-order valence-corrected chi connectivity index (χ4v) is 3.62. The first-order chi connectivity index (χ1) is 14.3. The fourth-order valence-electron chi connectivity index (χ4n) is 3.62. The van der Waals surface area contributed by atoms with E-state index in [0.29, 0.717) is 5.82 Å². The van der Waals surface area contributed by atoms with Crippen LogP contribution < -0.4 is 10.5 Å². The van der Waals surface area contributed by atoms with Crippen molar-refractivity contribution in [1.82, 2.24) is 9.55 Å². The fraction of sp³-hybridized carbons (Fsp3) is 0.455. The number of aryl methyl sites for hydroxylation is 3. The van der Waals surface area contributed by atoms with E-state index in [0.717, 1.165) is 38.3 Å². The molecule has 1 saturated heterocycles. The van der Waals surface area contributed by atoms with Gasteiger partial charge in [-0.2, -0.15) is 0 Å². The number of carboxylic acids is 2. The van der Waals surface area contributed by atoms with Crippen LogP contribution in [-0.4, -0.2) is 44.8 Å². The molecule has 0 aliphatic carbocycles. The molecule has 2 heterocycles. The lowest BCUT2D eigenvalue weighted by Crippen LogP contribution is -2.33. The third-order valence-electron chi connectivity index (χ3n) is 5.41. The van der Waals surface area contributed by atoms with Crippen molar-refractivity contribution in [3.8, 4) is 0 Å². The maximum atomic E-state index is 12.3. The maximum absolute atomic E-state index is 12.3. The third kappa shape index (κ3) is 6.72. The number of nitrogens with zero attached hydrogens (tertiary/aromatic N) is 3. The van der Waals surface area contributed by atoms with Crippen LogP contribution in [0.3, 0.4) is 0 Å². The van der Waals surface area contributed by atoms with Gasteiger partial charge >= 0.3 is 11.9 Å². The van der Waals surface area contributed by atoms with Gasteiger partial charge in [0.1, 0.15) is 0 Å². The zero-order valence-electron chi connectivity index (χ0n) is 17.5. The number of carboxylic acid groups (broad SMARTS) is 2. The summed E-state index contributed by atoms with van der Waals surface area (Å²) in [6, 6.07) is 8.68. The Hall–Kier alpha value is -3.16. The largest absolute Gasteiger partial charge is 0.473 e. The van der Waals surface area contributed by atoms with Crippen molar-refractivity contribution in [2.24, 2.45) is 13.0 Å². The van der Waals surface area contributed by atoms with Gasteiger partial charge in [-0.05, 0) is 56.1 Å². The van der Waals surface area contributed by atoms with E-state index < -0.39 is 11.9 Å². The summed E-state index contributed by atoms with van der Waals surface area (Å²) in [5.74, 6) is -2.30. The number of anilines is 1. The Morgan fingerprint density at radius 1 is 1.13 bits per heavy atom. The molecule has 8 nitrogen and oxygen atoms in total. The predicted molar refractivity (Wildman–Crippen MR) is 114 cm³/mol. The second kappa shape index (κ2) is 11.1. The highest BCUT2D eigenvalue weighted by Gasteiger charge is 2.20. The summed E-state index contributed by atoms with van der Waals surface area (Å²) in [5.41, 5.74) is 2.87. The summed E-state index contributed by atoms with van der Waals surface area (Å²) in [5, 5.41) is 14.8. The summed E-state index contributed by atoms with van der Waals surface area (Å²) in [6.07, 6.45) is 9.35. The van der Waals surface area contributed by atoms with Crippen LogP contribution in [-0.2, 0) is 23.1 Å². The van der Waals surface area contributed by atoms with Gasteiger partial charge < -0.3 is 19.7 Å². The molecule has 1 atom stereocenters. The lowest BCUT2D eigenvalue weighted by Gasteiger charge is -2.21. The summed E-state index contributed by atoms with van der Waals surface area (Å²) in [4.78, 5) is 37.0. The van der Waals surface area contributed by atoms with E-state index in [2.05, 4.69) is 41.1 Å². The van der Waals surface area contributed by atoms with Gasteiger partial charge in [-0.1, -0.05) is 24.3 Å². The van der Waals surface area contributed by atoms with Gasteiger partial charge in [0.05, 0.1) is 0 Å². The highest BCUT2D eigenvalue weighted by molar-refractivity contribution is 6.27. The van der Waals surface area contributed by atoms with Crippen molar-refractivity contribution < 1.29 is 19.8 Å². The van der Waals surface area contributed by atoms with Crippen molar-refractivity contribution in [1.29, 1.82) is 0 Å². The molecule has 3 rings (SSSR count). The second-order valence-corrected chi connectivity index (χ2v) is 7.53. The van der Waals surface area contributed by atoms with E-state index in [1.165, 1.54) is 24.0 Å². The Balaban J connectivity index is 0.000000469. The zero-order chi connectivity index (χ0) is 22.1. The maximum Gasteiger partial charge on any atom is 0.414 e.